The van der Waals surface area contributed by atoms with Crippen LogP contribution < -0.4 is 4.90 Å². The van der Waals surface area contributed by atoms with Gasteiger partial charge in [0.15, 0.2) is 0 Å². The standard InChI is InChI=1S/C21H16N4/c1-2-11-19(17(9-1)18-10-3-6-14-22-18)25(20-12-4-7-15-23-20)21-13-5-8-16-24-21/h1-16H. The lowest BCUT2D eigenvalue weighted by Gasteiger charge is -2.25. The summed E-state index contributed by atoms with van der Waals surface area (Å²) < 4.78 is 0. The van der Waals surface area contributed by atoms with Gasteiger partial charge < -0.3 is 0 Å². The highest BCUT2D eigenvalue weighted by molar-refractivity contribution is 5.84. The minimum atomic E-state index is 0.810. The van der Waals surface area contributed by atoms with Gasteiger partial charge in [-0.15, -0.1) is 0 Å². The lowest BCUT2D eigenvalue weighted by molar-refractivity contribution is 1.12. The molecule has 3 heterocycles. The van der Waals surface area contributed by atoms with E-state index in [0.29, 0.717) is 0 Å². The van der Waals surface area contributed by atoms with E-state index in [-0.39, 0.29) is 0 Å². The molecule has 0 atom stereocenters. The predicted molar refractivity (Wildman–Crippen MR) is 99.9 cm³/mol. The first kappa shape index (κ1) is 15.0. The number of rotatable bonds is 4. The molecule has 4 rings (SSSR count). The molecule has 0 saturated heterocycles. The Bertz CT molecular complexity index is 901. The Morgan fingerprint density at radius 3 is 1.64 bits per heavy atom. The second-order valence-corrected chi connectivity index (χ2v) is 5.44. The monoisotopic (exact) mass is 324 g/mol. The lowest BCUT2D eigenvalue weighted by atomic mass is 10.1. The zero-order chi connectivity index (χ0) is 16.9. The van der Waals surface area contributed by atoms with Gasteiger partial charge in [-0.3, -0.25) is 9.88 Å². The van der Waals surface area contributed by atoms with Crippen LogP contribution in [-0.4, -0.2) is 15.0 Å². The van der Waals surface area contributed by atoms with Crippen molar-refractivity contribution in [2.24, 2.45) is 0 Å². The highest BCUT2D eigenvalue weighted by atomic mass is 15.2. The summed E-state index contributed by atoms with van der Waals surface area (Å²) in [5.74, 6) is 1.62. The molecule has 25 heavy (non-hydrogen) atoms. The smallest absolute Gasteiger partial charge is 0.138 e. The number of para-hydroxylation sites is 1. The quantitative estimate of drug-likeness (QED) is 0.529. The van der Waals surface area contributed by atoms with Crippen LogP contribution in [0.1, 0.15) is 0 Å². The van der Waals surface area contributed by atoms with E-state index in [1.54, 1.807) is 18.6 Å². The maximum atomic E-state index is 4.53. The van der Waals surface area contributed by atoms with Gasteiger partial charge in [0.1, 0.15) is 11.6 Å². The number of aromatic nitrogens is 3. The average Bonchev–Trinajstić information content (AvgIpc) is 2.71. The molecule has 3 aromatic heterocycles. The second-order valence-electron chi connectivity index (χ2n) is 5.44. The van der Waals surface area contributed by atoms with Gasteiger partial charge in [-0.1, -0.05) is 36.4 Å². The van der Waals surface area contributed by atoms with Crippen LogP contribution in [0.3, 0.4) is 0 Å². The Labute approximate surface area is 146 Å². The van der Waals surface area contributed by atoms with E-state index in [2.05, 4.69) is 27.1 Å². The molecule has 120 valence electrons. The molecule has 0 fully saturated rings. The van der Waals surface area contributed by atoms with Crippen LogP contribution in [0.5, 0.6) is 0 Å². The summed E-state index contributed by atoms with van der Waals surface area (Å²) in [7, 11) is 0. The summed E-state index contributed by atoms with van der Waals surface area (Å²) >= 11 is 0. The van der Waals surface area contributed by atoms with E-state index in [4.69, 9.17) is 0 Å². The zero-order valence-electron chi connectivity index (χ0n) is 13.5. The van der Waals surface area contributed by atoms with Gasteiger partial charge in [0.25, 0.3) is 0 Å². The fourth-order valence-electron chi connectivity index (χ4n) is 2.74. The fourth-order valence-corrected chi connectivity index (χ4v) is 2.74. The molecule has 0 aliphatic heterocycles. The molecule has 0 N–H and O–H groups in total. The maximum Gasteiger partial charge on any atom is 0.138 e. The highest BCUT2D eigenvalue weighted by Gasteiger charge is 2.18. The molecule has 0 amide bonds. The van der Waals surface area contributed by atoms with Crippen molar-refractivity contribution >= 4 is 17.3 Å². The first-order valence-corrected chi connectivity index (χ1v) is 8.06. The molecule has 0 saturated carbocycles. The van der Waals surface area contributed by atoms with Gasteiger partial charge >= 0.3 is 0 Å². The van der Waals surface area contributed by atoms with Gasteiger partial charge in [0.05, 0.1) is 11.4 Å². The van der Waals surface area contributed by atoms with Crippen LogP contribution in [0.2, 0.25) is 0 Å². The Balaban J connectivity index is 1.93. The maximum absolute atomic E-state index is 4.53. The van der Waals surface area contributed by atoms with Gasteiger partial charge in [-0.25, -0.2) is 9.97 Å². The van der Waals surface area contributed by atoms with Crippen molar-refractivity contribution in [2.45, 2.75) is 0 Å². The molecular weight excluding hydrogens is 308 g/mol. The van der Waals surface area contributed by atoms with E-state index >= 15 is 0 Å². The van der Waals surface area contributed by atoms with E-state index in [1.165, 1.54) is 0 Å². The van der Waals surface area contributed by atoms with Gasteiger partial charge in [0, 0.05) is 24.2 Å². The summed E-state index contributed by atoms with van der Waals surface area (Å²) in [6.07, 6.45) is 5.38. The van der Waals surface area contributed by atoms with E-state index < -0.39 is 0 Å². The predicted octanol–water partition coefficient (Wildman–Crippen LogP) is 5.01. The second kappa shape index (κ2) is 6.93. The Morgan fingerprint density at radius 2 is 1.08 bits per heavy atom. The van der Waals surface area contributed by atoms with Gasteiger partial charge in [-0.05, 0) is 42.5 Å². The molecule has 1 aromatic carbocycles. The Hall–Kier alpha value is -3.53. The summed E-state index contributed by atoms with van der Waals surface area (Å²) in [6.45, 7) is 0. The average molecular weight is 324 g/mol. The van der Waals surface area contributed by atoms with Crippen molar-refractivity contribution in [3.05, 3.63) is 97.5 Å². The fraction of sp³-hybridized carbons (Fsp3) is 0. The molecule has 4 heteroatoms. The zero-order valence-corrected chi connectivity index (χ0v) is 13.5. The minimum Gasteiger partial charge on any atom is -0.278 e. The van der Waals surface area contributed by atoms with Crippen molar-refractivity contribution in [2.75, 3.05) is 4.90 Å². The van der Waals surface area contributed by atoms with Crippen LogP contribution in [0, 0.1) is 0 Å². The molecular formula is C21H16N4. The molecule has 4 nitrogen and oxygen atoms in total. The molecule has 4 aromatic rings. The Kier molecular flexibility index (Phi) is 4.16. The van der Waals surface area contributed by atoms with Crippen molar-refractivity contribution < 1.29 is 0 Å². The number of hydrogen-bond acceptors (Lipinski definition) is 4. The SMILES string of the molecule is c1ccc(-c2ccccc2N(c2ccccn2)c2ccccn2)nc1. The molecule has 0 aliphatic rings. The number of hydrogen-bond donors (Lipinski definition) is 0. The third-order valence-electron chi connectivity index (χ3n) is 3.84. The highest BCUT2D eigenvalue weighted by Crippen LogP contribution is 2.37. The van der Waals surface area contributed by atoms with E-state index in [1.807, 2.05) is 71.6 Å². The molecule has 0 radical (unpaired) electrons. The number of nitrogens with zero attached hydrogens (tertiary/aromatic N) is 4. The van der Waals surface area contributed by atoms with E-state index in [0.717, 1.165) is 28.6 Å². The number of benzene rings is 1. The minimum absolute atomic E-state index is 0.810. The molecule has 0 aliphatic carbocycles. The van der Waals surface area contributed by atoms with Crippen molar-refractivity contribution in [1.29, 1.82) is 0 Å². The third-order valence-corrected chi connectivity index (χ3v) is 3.84. The molecule has 0 spiro atoms. The first-order valence-electron chi connectivity index (χ1n) is 8.06. The summed E-state index contributed by atoms with van der Waals surface area (Å²) in [6, 6.07) is 25.8. The van der Waals surface area contributed by atoms with Gasteiger partial charge in [0.2, 0.25) is 0 Å². The van der Waals surface area contributed by atoms with Crippen LogP contribution in [0.25, 0.3) is 11.3 Å². The first-order chi connectivity index (χ1) is 12.4. The van der Waals surface area contributed by atoms with Crippen LogP contribution >= 0.6 is 0 Å². The summed E-state index contributed by atoms with van der Waals surface area (Å²) in [5, 5.41) is 0. The van der Waals surface area contributed by atoms with Crippen LogP contribution in [0.4, 0.5) is 17.3 Å². The van der Waals surface area contributed by atoms with Crippen molar-refractivity contribution in [1.82, 2.24) is 15.0 Å². The summed E-state index contributed by atoms with van der Waals surface area (Å²) in [4.78, 5) is 15.6. The number of anilines is 3. The largest absolute Gasteiger partial charge is 0.278 e. The lowest BCUT2D eigenvalue weighted by Crippen LogP contribution is -2.13. The van der Waals surface area contributed by atoms with E-state index in [9.17, 15) is 0 Å². The topological polar surface area (TPSA) is 41.9 Å². The summed E-state index contributed by atoms with van der Waals surface area (Å²) in [5.41, 5.74) is 2.92. The van der Waals surface area contributed by atoms with Crippen LogP contribution in [0.15, 0.2) is 97.5 Å². The number of pyridine rings is 3. The van der Waals surface area contributed by atoms with Gasteiger partial charge in [-0.2, -0.15) is 0 Å². The Morgan fingerprint density at radius 1 is 0.520 bits per heavy atom. The third kappa shape index (κ3) is 3.10. The van der Waals surface area contributed by atoms with Crippen molar-refractivity contribution in [3.63, 3.8) is 0 Å². The molecule has 0 bridgehead atoms. The van der Waals surface area contributed by atoms with Crippen LogP contribution in [-0.2, 0) is 0 Å². The normalized spacial score (nSPS) is 10.4. The van der Waals surface area contributed by atoms with Crippen molar-refractivity contribution in [3.8, 4) is 11.3 Å². The molecule has 0 unspecified atom stereocenters.